The molecule has 0 aliphatic rings. The Balaban J connectivity index is 1.69. The quantitative estimate of drug-likeness (QED) is 0.0673. The molecule has 0 aliphatic heterocycles. The van der Waals surface area contributed by atoms with E-state index >= 15 is 0 Å². The number of oxime groups is 1. The number of benzene rings is 3. The first-order valence-corrected chi connectivity index (χ1v) is 13.9. The van der Waals surface area contributed by atoms with Crippen molar-refractivity contribution in [3.63, 3.8) is 0 Å². The van der Waals surface area contributed by atoms with Gasteiger partial charge in [-0.15, -0.1) is 11.3 Å². The van der Waals surface area contributed by atoms with Crippen molar-refractivity contribution in [3.05, 3.63) is 119 Å². The average molecular weight is 558 g/mol. The molecular formula is C31H31N3O5S. The molecule has 40 heavy (non-hydrogen) atoms. The van der Waals surface area contributed by atoms with Crippen LogP contribution in [0.1, 0.15) is 49.1 Å². The monoisotopic (exact) mass is 557 g/mol. The van der Waals surface area contributed by atoms with Crippen molar-refractivity contribution in [1.29, 1.82) is 0 Å². The van der Waals surface area contributed by atoms with Gasteiger partial charge in [0.1, 0.15) is 11.2 Å². The Bertz CT molecular complexity index is 1330. The molecule has 0 amide bonds. The second kappa shape index (κ2) is 13.5. The van der Waals surface area contributed by atoms with E-state index in [0.29, 0.717) is 5.13 Å². The van der Waals surface area contributed by atoms with Crippen LogP contribution in [-0.4, -0.2) is 40.5 Å². The van der Waals surface area contributed by atoms with Gasteiger partial charge in [0, 0.05) is 5.38 Å². The minimum Gasteiger partial charge on any atom is -0.476 e. The second-order valence-corrected chi connectivity index (χ2v) is 9.88. The summed E-state index contributed by atoms with van der Waals surface area (Å²) < 4.78 is 5.12. The minimum atomic E-state index is -1.33. The Morgan fingerprint density at radius 2 is 1.48 bits per heavy atom. The van der Waals surface area contributed by atoms with Crippen molar-refractivity contribution in [2.24, 2.45) is 5.16 Å². The summed E-state index contributed by atoms with van der Waals surface area (Å²) in [6.45, 7) is 3.71. The van der Waals surface area contributed by atoms with Gasteiger partial charge in [0.15, 0.2) is 5.13 Å². The standard InChI is InChI=1S/C31H31N3O5S/c1-3-4-20-38-29(37)22(2)39-34-27(28(35)36)26-21-40-30(32-26)33-31(23-14-8-5-9-15-23,24-16-10-6-11-17-24)25-18-12-7-13-19-25/h5-19,21-22H,3-4,20H2,1-2H3,(H,32,33)(H,35,36)/b34-27-. The maximum absolute atomic E-state index is 12.1. The molecule has 0 bridgehead atoms. The molecular weight excluding hydrogens is 526 g/mol. The van der Waals surface area contributed by atoms with E-state index < -0.39 is 29.3 Å². The first-order valence-electron chi connectivity index (χ1n) is 13.0. The third-order valence-corrected chi connectivity index (χ3v) is 7.00. The molecule has 1 unspecified atom stereocenters. The van der Waals surface area contributed by atoms with Crippen molar-refractivity contribution in [3.8, 4) is 0 Å². The van der Waals surface area contributed by atoms with Gasteiger partial charge >= 0.3 is 11.9 Å². The summed E-state index contributed by atoms with van der Waals surface area (Å²) in [7, 11) is 0. The molecule has 0 spiro atoms. The smallest absolute Gasteiger partial charge is 0.360 e. The molecule has 0 saturated heterocycles. The summed E-state index contributed by atoms with van der Waals surface area (Å²) in [6, 6.07) is 30.0. The molecule has 1 heterocycles. The second-order valence-electron chi connectivity index (χ2n) is 9.02. The predicted octanol–water partition coefficient (Wildman–Crippen LogP) is 6.08. The number of unbranched alkanes of at least 4 members (excludes halogenated alkanes) is 1. The number of hydrogen-bond acceptors (Lipinski definition) is 8. The number of aliphatic carboxylic acids is 1. The predicted molar refractivity (Wildman–Crippen MR) is 156 cm³/mol. The Morgan fingerprint density at radius 3 is 1.95 bits per heavy atom. The number of esters is 1. The lowest BCUT2D eigenvalue weighted by Crippen LogP contribution is -2.38. The topological polar surface area (TPSA) is 110 Å². The zero-order valence-corrected chi connectivity index (χ0v) is 23.1. The summed E-state index contributed by atoms with van der Waals surface area (Å²) in [4.78, 5) is 34.0. The number of thiazole rings is 1. The van der Waals surface area contributed by atoms with Crippen molar-refractivity contribution in [2.45, 2.75) is 38.3 Å². The molecule has 1 aromatic heterocycles. The Labute approximate surface area is 237 Å². The van der Waals surface area contributed by atoms with Gasteiger partial charge in [-0.3, -0.25) is 0 Å². The number of nitrogens with zero attached hydrogens (tertiary/aromatic N) is 2. The molecule has 0 fully saturated rings. The summed E-state index contributed by atoms with van der Waals surface area (Å²) in [5.41, 5.74) is 1.81. The maximum atomic E-state index is 12.1. The molecule has 9 heteroatoms. The normalized spacial score (nSPS) is 12.4. The van der Waals surface area contributed by atoms with Gasteiger partial charge in [0.2, 0.25) is 11.8 Å². The van der Waals surface area contributed by atoms with Crippen LogP contribution < -0.4 is 5.32 Å². The average Bonchev–Trinajstić information content (AvgIpc) is 3.45. The Hall–Kier alpha value is -4.50. The Morgan fingerprint density at radius 1 is 0.950 bits per heavy atom. The third kappa shape index (κ3) is 6.55. The SMILES string of the molecule is CCCCOC(=O)C(C)O/N=C(\C(=O)O)c1csc(NC(c2ccccc2)(c2ccccc2)c2ccccc2)n1. The number of carbonyl (C=O) groups excluding carboxylic acids is 1. The van der Waals surface area contributed by atoms with Crippen LogP contribution in [0, 0.1) is 0 Å². The van der Waals surface area contributed by atoms with Crippen LogP contribution in [-0.2, 0) is 24.7 Å². The molecule has 4 rings (SSSR count). The highest BCUT2D eigenvalue weighted by Crippen LogP contribution is 2.40. The number of aromatic nitrogens is 1. The van der Waals surface area contributed by atoms with Gasteiger partial charge in [-0.2, -0.15) is 0 Å². The number of ether oxygens (including phenoxy) is 1. The fraction of sp³-hybridized carbons (Fsp3) is 0.226. The minimum absolute atomic E-state index is 0.106. The molecule has 0 radical (unpaired) electrons. The fourth-order valence-corrected chi connectivity index (χ4v) is 4.94. The zero-order valence-electron chi connectivity index (χ0n) is 22.3. The van der Waals surface area contributed by atoms with Gasteiger partial charge in [-0.1, -0.05) is 109 Å². The molecule has 3 aromatic carbocycles. The highest BCUT2D eigenvalue weighted by molar-refractivity contribution is 7.14. The molecule has 8 nitrogen and oxygen atoms in total. The lowest BCUT2D eigenvalue weighted by atomic mass is 9.77. The largest absolute Gasteiger partial charge is 0.476 e. The molecule has 2 N–H and O–H groups in total. The highest BCUT2D eigenvalue weighted by atomic mass is 32.1. The number of hydrogen-bond donors (Lipinski definition) is 2. The number of carboxylic acids is 1. The first-order chi connectivity index (χ1) is 19.5. The number of rotatable bonds is 13. The van der Waals surface area contributed by atoms with Crippen LogP contribution >= 0.6 is 11.3 Å². The van der Waals surface area contributed by atoms with E-state index in [1.165, 1.54) is 18.3 Å². The lowest BCUT2D eigenvalue weighted by molar-refractivity contribution is -0.156. The van der Waals surface area contributed by atoms with Gasteiger partial charge < -0.3 is 20.0 Å². The van der Waals surface area contributed by atoms with Crippen LogP contribution in [0.15, 0.2) is 102 Å². The van der Waals surface area contributed by atoms with Crippen LogP contribution in [0.4, 0.5) is 5.13 Å². The zero-order chi connectivity index (χ0) is 28.4. The molecule has 0 saturated carbocycles. The van der Waals surface area contributed by atoms with E-state index in [0.717, 1.165) is 29.5 Å². The van der Waals surface area contributed by atoms with Crippen LogP contribution in [0.2, 0.25) is 0 Å². The van der Waals surface area contributed by atoms with Crippen LogP contribution in [0.5, 0.6) is 0 Å². The van der Waals surface area contributed by atoms with E-state index in [2.05, 4.69) is 15.5 Å². The highest BCUT2D eigenvalue weighted by Gasteiger charge is 2.37. The lowest BCUT2D eigenvalue weighted by Gasteiger charge is -2.36. The molecule has 4 aromatic rings. The molecule has 206 valence electrons. The number of carboxylic acid groups (broad SMARTS) is 1. The summed E-state index contributed by atoms with van der Waals surface area (Å²) in [5.74, 6) is -1.94. The van der Waals surface area contributed by atoms with Gasteiger partial charge in [-0.05, 0) is 30.0 Å². The fourth-order valence-electron chi connectivity index (χ4n) is 4.19. The summed E-state index contributed by atoms with van der Waals surface area (Å²) in [6.07, 6.45) is 0.543. The molecule has 0 aliphatic carbocycles. The van der Waals surface area contributed by atoms with E-state index in [4.69, 9.17) is 9.57 Å². The van der Waals surface area contributed by atoms with Crippen molar-refractivity contribution in [1.82, 2.24) is 4.98 Å². The Kier molecular flexibility index (Phi) is 9.64. The van der Waals surface area contributed by atoms with Gasteiger partial charge in [-0.25, -0.2) is 14.6 Å². The van der Waals surface area contributed by atoms with E-state index in [9.17, 15) is 14.7 Å². The number of anilines is 1. The van der Waals surface area contributed by atoms with Gasteiger partial charge in [0.25, 0.3) is 0 Å². The van der Waals surface area contributed by atoms with E-state index in [-0.39, 0.29) is 12.3 Å². The summed E-state index contributed by atoms with van der Waals surface area (Å²) >= 11 is 1.25. The van der Waals surface area contributed by atoms with Crippen LogP contribution in [0.25, 0.3) is 0 Å². The third-order valence-electron chi connectivity index (χ3n) is 6.24. The van der Waals surface area contributed by atoms with Crippen molar-refractivity contribution in [2.75, 3.05) is 11.9 Å². The van der Waals surface area contributed by atoms with E-state index in [1.807, 2.05) is 97.9 Å². The van der Waals surface area contributed by atoms with E-state index in [1.54, 1.807) is 5.38 Å². The van der Waals surface area contributed by atoms with Crippen LogP contribution in [0.3, 0.4) is 0 Å². The molecule has 1 atom stereocenters. The maximum Gasteiger partial charge on any atom is 0.360 e. The first kappa shape index (κ1) is 28.5. The number of nitrogens with one attached hydrogen (secondary N) is 1. The number of carbonyl (C=O) groups is 2. The van der Waals surface area contributed by atoms with Crippen molar-refractivity contribution >= 4 is 34.1 Å². The summed E-state index contributed by atoms with van der Waals surface area (Å²) in [5, 5.41) is 19.3. The van der Waals surface area contributed by atoms with Crippen molar-refractivity contribution < 1.29 is 24.3 Å². The van der Waals surface area contributed by atoms with Gasteiger partial charge in [0.05, 0.1) is 6.61 Å².